The van der Waals surface area contributed by atoms with E-state index in [1.54, 1.807) is 12.1 Å². The number of carbonyl (C=O) groups excluding carboxylic acids is 1. The highest BCUT2D eigenvalue weighted by Crippen LogP contribution is 2.25. The van der Waals surface area contributed by atoms with E-state index in [1.807, 2.05) is 0 Å². The van der Waals surface area contributed by atoms with Crippen molar-refractivity contribution in [2.45, 2.75) is 32.4 Å². The second-order valence-corrected chi connectivity index (χ2v) is 4.59. The molecule has 0 aromatic carbocycles. The molecule has 1 amide bonds. The molecule has 5 nitrogen and oxygen atoms in total. The largest absolute Gasteiger partial charge is 0.455 e. The second-order valence-electron chi connectivity index (χ2n) is 4.59. The van der Waals surface area contributed by atoms with Gasteiger partial charge >= 0.3 is 0 Å². The Bertz CT molecular complexity index is 399. The Balaban J connectivity index is 1.73. The zero-order valence-corrected chi connectivity index (χ0v) is 10.8. The quantitative estimate of drug-likeness (QED) is 0.757. The Morgan fingerprint density at radius 2 is 2.33 bits per heavy atom. The maximum Gasteiger partial charge on any atom is 0.287 e. The Labute approximate surface area is 107 Å². The average molecular weight is 251 g/mol. The van der Waals surface area contributed by atoms with Crippen LogP contribution in [0.15, 0.2) is 16.5 Å². The summed E-state index contributed by atoms with van der Waals surface area (Å²) in [5, 5.41) is 2.87. The SMILES string of the molecule is CCN(CCNC(=O)c1ccc(CN)o1)C1CC1. The molecule has 0 bridgehead atoms. The van der Waals surface area contributed by atoms with E-state index in [0.717, 1.165) is 19.1 Å². The number of amides is 1. The Hall–Kier alpha value is -1.33. The summed E-state index contributed by atoms with van der Waals surface area (Å²) >= 11 is 0. The van der Waals surface area contributed by atoms with Gasteiger partial charge in [-0.3, -0.25) is 9.69 Å². The van der Waals surface area contributed by atoms with E-state index in [4.69, 9.17) is 10.2 Å². The summed E-state index contributed by atoms with van der Waals surface area (Å²) in [6, 6.07) is 4.13. The van der Waals surface area contributed by atoms with Crippen LogP contribution in [0.5, 0.6) is 0 Å². The summed E-state index contributed by atoms with van der Waals surface area (Å²) in [4.78, 5) is 14.2. The third-order valence-electron chi connectivity index (χ3n) is 3.24. The summed E-state index contributed by atoms with van der Waals surface area (Å²) in [6.07, 6.45) is 2.58. The first-order chi connectivity index (χ1) is 8.74. The predicted molar refractivity (Wildman–Crippen MR) is 69.2 cm³/mol. The van der Waals surface area contributed by atoms with E-state index in [-0.39, 0.29) is 5.91 Å². The molecule has 100 valence electrons. The smallest absolute Gasteiger partial charge is 0.287 e. The van der Waals surface area contributed by atoms with Gasteiger partial charge in [-0.1, -0.05) is 6.92 Å². The van der Waals surface area contributed by atoms with Crippen LogP contribution in [-0.4, -0.2) is 36.5 Å². The van der Waals surface area contributed by atoms with Crippen molar-refractivity contribution < 1.29 is 9.21 Å². The first kappa shape index (κ1) is 13.1. The number of nitrogens with two attached hydrogens (primary N) is 1. The lowest BCUT2D eigenvalue weighted by atomic mass is 10.4. The predicted octanol–water partition coefficient (Wildman–Crippen LogP) is 0.952. The van der Waals surface area contributed by atoms with E-state index in [2.05, 4.69) is 17.1 Å². The lowest BCUT2D eigenvalue weighted by Crippen LogP contribution is -2.35. The minimum Gasteiger partial charge on any atom is -0.455 e. The summed E-state index contributed by atoms with van der Waals surface area (Å²) in [5.74, 6) is 0.805. The number of likely N-dealkylation sites (N-methyl/N-ethyl adjacent to an activating group) is 1. The third-order valence-corrected chi connectivity index (χ3v) is 3.24. The number of hydrogen-bond donors (Lipinski definition) is 2. The summed E-state index contributed by atoms with van der Waals surface area (Å²) in [7, 11) is 0. The molecule has 0 atom stereocenters. The van der Waals surface area contributed by atoms with Gasteiger partial charge in [-0.2, -0.15) is 0 Å². The van der Waals surface area contributed by atoms with Gasteiger partial charge in [0.25, 0.3) is 5.91 Å². The van der Waals surface area contributed by atoms with E-state index in [0.29, 0.717) is 24.6 Å². The van der Waals surface area contributed by atoms with Crippen LogP contribution >= 0.6 is 0 Å². The van der Waals surface area contributed by atoms with Crippen molar-refractivity contribution in [3.05, 3.63) is 23.7 Å². The van der Waals surface area contributed by atoms with Crippen molar-refractivity contribution in [2.75, 3.05) is 19.6 Å². The normalized spacial score (nSPS) is 15.1. The average Bonchev–Trinajstić information content (AvgIpc) is 3.10. The number of hydrogen-bond acceptors (Lipinski definition) is 4. The minimum absolute atomic E-state index is 0.165. The van der Waals surface area contributed by atoms with Crippen molar-refractivity contribution in [1.82, 2.24) is 10.2 Å². The van der Waals surface area contributed by atoms with Crippen LogP contribution in [0.4, 0.5) is 0 Å². The fourth-order valence-corrected chi connectivity index (χ4v) is 2.05. The molecule has 0 unspecified atom stereocenters. The molecule has 1 heterocycles. The van der Waals surface area contributed by atoms with Gasteiger partial charge in [-0.05, 0) is 31.5 Å². The molecule has 1 saturated carbocycles. The summed E-state index contributed by atoms with van der Waals surface area (Å²) in [5.41, 5.74) is 5.43. The standard InChI is InChI=1S/C13H21N3O2/c1-2-16(10-3-4-10)8-7-15-13(17)12-6-5-11(9-14)18-12/h5-6,10H,2-4,7-9,14H2,1H3,(H,15,17). The topological polar surface area (TPSA) is 71.5 Å². The van der Waals surface area contributed by atoms with Crippen LogP contribution < -0.4 is 11.1 Å². The maximum absolute atomic E-state index is 11.8. The fraction of sp³-hybridized carbons (Fsp3) is 0.615. The third kappa shape index (κ3) is 3.34. The van der Waals surface area contributed by atoms with E-state index in [9.17, 15) is 4.79 Å². The summed E-state index contributed by atoms with van der Waals surface area (Å²) < 4.78 is 5.29. The summed E-state index contributed by atoms with van der Waals surface area (Å²) in [6.45, 7) is 5.07. The highest BCUT2D eigenvalue weighted by atomic mass is 16.4. The molecule has 0 aliphatic heterocycles. The fourth-order valence-electron chi connectivity index (χ4n) is 2.05. The molecule has 0 spiro atoms. The zero-order valence-electron chi connectivity index (χ0n) is 10.8. The van der Waals surface area contributed by atoms with Crippen LogP contribution in [-0.2, 0) is 6.54 Å². The second kappa shape index (κ2) is 6.02. The first-order valence-corrected chi connectivity index (χ1v) is 6.55. The van der Waals surface area contributed by atoms with Gasteiger partial charge in [-0.25, -0.2) is 0 Å². The monoisotopic (exact) mass is 251 g/mol. The van der Waals surface area contributed by atoms with Crippen molar-refractivity contribution in [3.63, 3.8) is 0 Å². The van der Waals surface area contributed by atoms with Crippen LogP contribution in [0.3, 0.4) is 0 Å². The van der Waals surface area contributed by atoms with Crippen molar-refractivity contribution >= 4 is 5.91 Å². The Morgan fingerprint density at radius 1 is 1.56 bits per heavy atom. The molecule has 1 fully saturated rings. The van der Waals surface area contributed by atoms with E-state index >= 15 is 0 Å². The van der Waals surface area contributed by atoms with Crippen LogP contribution in [0.2, 0.25) is 0 Å². The molecule has 0 saturated heterocycles. The molecule has 1 aliphatic rings. The van der Waals surface area contributed by atoms with E-state index < -0.39 is 0 Å². The van der Waals surface area contributed by atoms with Gasteiger partial charge in [0, 0.05) is 19.1 Å². The molecular weight excluding hydrogens is 230 g/mol. The van der Waals surface area contributed by atoms with Gasteiger partial charge in [-0.15, -0.1) is 0 Å². The molecule has 0 radical (unpaired) electrons. The molecule has 18 heavy (non-hydrogen) atoms. The van der Waals surface area contributed by atoms with Gasteiger partial charge < -0.3 is 15.5 Å². The number of nitrogens with one attached hydrogen (secondary N) is 1. The van der Waals surface area contributed by atoms with Crippen LogP contribution in [0.1, 0.15) is 36.1 Å². The van der Waals surface area contributed by atoms with Gasteiger partial charge in [0.05, 0.1) is 6.54 Å². The van der Waals surface area contributed by atoms with Crippen molar-refractivity contribution in [1.29, 1.82) is 0 Å². The molecule has 1 aliphatic carbocycles. The van der Waals surface area contributed by atoms with Crippen molar-refractivity contribution in [3.8, 4) is 0 Å². The lowest BCUT2D eigenvalue weighted by Gasteiger charge is -2.19. The highest BCUT2D eigenvalue weighted by Gasteiger charge is 2.27. The highest BCUT2D eigenvalue weighted by molar-refractivity contribution is 5.91. The maximum atomic E-state index is 11.8. The Morgan fingerprint density at radius 3 is 2.89 bits per heavy atom. The van der Waals surface area contributed by atoms with Crippen LogP contribution in [0, 0.1) is 0 Å². The van der Waals surface area contributed by atoms with Gasteiger partial charge in [0.2, 0.25) is 0 Å². The first-order valence-electron chi connectivity index (χ1n) is 6.55. The Kier molecular flexibility index (Phi) is 4.38. The van der Waals surface area contributed by atoms with Crippen LogP contribution in [0.25, 0.3) is 0 Å². The number of furan rings is 1. The molecule has 1 aromatic heterocycles. The van der Waals surface area contributed by atoms with Gasteiger partial charge in [0.15, 0.2) is 5.76 Å². The van der Waals surface area contributed by atoms with Gasteiger partial charge in [0.1, 0.15) is 5.76 Å². The minimum atomic E-state index is -0.165. The number of carbonyl (C=O) groups is 1. The number of rotatable bonds is 7. The van der Waals surface area contributed by atoms with E-state index in [1.165, 1.54) is 12.8 Å². The molecule has 1 aromatic rings. The number of nitrogens with zero attached hydrogens (tertiary/aromatic N) is 1. The lowest BCUT2D eigenvalue weighted by molar-refractivity contribution is 0.0918. The molecular formula is C13H21N3O2. The van der Waals surface area contributed by atoms with Crippen molar-refractivity contribution in [2.24, 2.45) is 5.73 Å². The molecule has 3 N–H and O–H groups in total. The molecule has 5 heteroatoms. The zero-order chi connectivity index (χ0) is 13.0. The molecule has 2 rings (SSSR count).